The van der Waals surface area contributed by atoms with E-state index in [1.807, 2.05) is 12.4 Å². The van der Waals surface area contributed by atoms with Gasteiger partial charge in [-0.2, -0.15) is 0 Å². The molecule has 1 fully saturated rings. The molecule has 0 bridgehead atoms. The summed E-state index contributed by atoms with van der Waals surface area (Å²) in [6.45, 7) is 8.39. The maximum Gasteiger partial charge on any atom is 2.00 e. The third-order valence-electron chi connectivity index (χ3n) is 3.63. The van der Waals surface area contributed by atoms with E-state index in [0.29, 0.717) is 0 Å². The minimum absolute atomic E-state index is 0. The largest absolute Gasteiger partial charge is 2.00 e. The van der Waals surface area contributed by atoms with Crippen molar-refractivity contribution in [1.82, 2.24) is 25.1 Å². The first-order chi connectivity index (χ1) is 14.4. The van der Waals surface area contributed by atoms with Crippen LogP contribution in [-0.2, 0) is 32.6 Å². The molecule has 13 nitrogen and oxygen atoms in total. The molecule has 3 rings (SSSR count). The van der Waals surface area contributed by atoms with Crippen molar-refractivity contribution in [2.24, 2.45) is 0 Å². The van der Waals surface area contributed by atoms with Crippen LogP contribution in [0.15, 0.2) is 23.2 Å². The maximum absolute atomic E-state index is 8.49. The third-order valence-corrected chi connectivity index (χ3v) is 5.16. The van der Waals surface area contributed by atoms with Crippen LogP contribution in [-0.4, -0.2) is 59.0 Å². The Balaban J connectivity index is 0.000000740. The van der Waals surface area contributed by atoms with Crippen molar-refractivity contribution < 1.29 is 77.2 Å². The number of hydrogen-bond acceptors (Lipinski definition) is 15. The molecule has 2 aromatic rings. The molecule has 0 atom stereocenters. The predicted octanol–water partition coefficient (Wildman–Crippen LogP) is -8.01. The first kappa shape index (κ1) is 32.0. The zero-order valence-electron chi connectivity index (χ0n) is 16.8. The van der Waals surface area contributed by atoms with Gasteiger partial charge < -0.3 is 5.32 Å². The zero-order valence-corrected chi connectivity index (χ0v) is 22.9. The van der Waals surface area contributed by atoms with Crippen LogP contribution in [0, 0.1) is 20.5 Å². The number of halogens is 2. The zero-order chi connectivity index (χ0) is 23.3. The summed E-state index contributed by atoms with van der Waals surface area (Å²) >= 11 is 3.49. The van der Waals surface area contributed by atoms with Gasteiger partial charge in [-0.25, -0.2) is 47.2 Å². The van der Waals surface area contributed by atoms with Crippen molar-refractivity contribution in [2.75, 3.05) is 39.3 Å². The summed E-state index contributed by atoms with van der Waals surface area (Å²) in [6.07, 6.45) is 3.78. The van der Waals surface area contributed by atoms with Crippen LogP contribution in [0.1, 0.15) is 10.0 Å². The van der Waals surface area contributed by atoms with Crippen LogP contribution in [0.3, 0.4) is 0 Å². The summed E-state index contributed by atoms with van der Waals surface area (Å²) in [6, 6.07) is 0. The second kappa shape index (κ2) is 16.6. The number of thiazole rings is 2. The molecule has 0 radical (unpaired) electrons. The summed E-state index contributed by atoms with van der Waals surface area (Å²) < 4.78 is 67.9. The smallest absolute Gasteiger partial charge is 0.314 e. The summed E-state index contributed by atoms with van der Waals surface area (Å²) in [5, 5.41) is 10.1. The van der Waals surface area contributed by atoms with Crippen LogP contribution in [0.25, 0.3) is 0 Å². The van der Waals surface area contributed by atoms with E-state index in [1.165, 1.54) is 10.0 Å². The Kier molecular flexibility index (Phi) is 16.6. The van der Waals surface area contributed by atoms with Crippen molar-refractivity contribution in [3.8, 4) is 0 Å². The minimum atomic E-state index is -4.94. The Labute approximate surface area is 209 Å². The Morgan fingerprint density at radius 1 is 0.719 bits per heavy atom. The molecule has 1 aliphatic heterocycles. The summed E-state index contributed by atoms with van der Waals surface area (Å²) in [7, 11) is -9.89. The summed E-state index contributed by atoms with van der Waals surface area (Å²) in [4.78, 5) is 13.8. The second-order valence-electron chi connectivity index (χ2n) is 5.91. The van der Waals surface area contributed by atoms with E-state index >= 15 is 0 Å². The van der Waals surface area contributed by atoms with Gasteiger partial charge in [-0.3, -0.25) is 9.80 Å². The molecular formula is C14H21Cl2N5O8S2Zn. The first-order valence-corrected chi connectivity index (χ1v) is 12.8. The van der Waals surface area contributed by atoms with Gasteiger partial charge >= 0.3 is 19.5 Å². The van der Waals surface area contributed by atoms with Crippen LogP contribution in [0.4, 0.5) is 0 Å². The SMILES string of the molecule is [O-][Cl+3]([O-])([O-])[O-].[O-][Cl+3]([O-])([O-])[O-].[Zn+2].c1csc(CN2CCNCCN(Cc3nccs3)CC2)n1. The van der Waals surface area contributed by atoms with E-state index < -0.39 is 20.5 Å². The van der Waals surface area contributed by atoms with Crippen molar-refractivity contribution in [1.29, 1.82) is 0 Å². The van der Waals surface area contributed by atoms with Crippen LogP contribution in [0.2, 0.25) is 0 Å². The fraction of sp³-hybridized carbons (Fsp3) is 0.571. The molecule has 0 aromatic carbocycles. The van der Waals surface area contributed by atoms with E-state index in [0.717, 1.165) is 52.4 Å². The molecule has 32 heavy (non-hydrogen) atoms. The fourth-order valence-electron chi connectivity index (χ4n) is 2.47. The molecule has 0 saturated carbocycles. The number of nitrogens with one attached hydrogen (secondary N) is 1. The van der Waals surface area contributed by atoms with Crippen LogP contribution < -0.4 is 42.6 Å². The topological polar surface area (TPSA) is 229 Å². The van der Waals surface area contributed by atoms with E-state index in [1.54, 1.807) is 22.7 Å². The van der Waals surface area contributed by atoms with Crippen LogP contribution >= 0.6 is 22.7 Å². The molecule has 3 heterocycles. The Morgan fingerprint density at radius 2 is 1.06 bits per heavy atom. The number of aromatic nitrogens is 2. The molecule has 0 amide bonds. The van der Waals surface area contributed by atoms with Gasteiger partial charge in [0.15, 0.2) is 0 Å². The van der Waals surface area contributed by atoms with Crippen molar-refractivity contribution >= 4 is 22.7 Å². The summed E-state index contributed by atoms with van der Waals surface area (Å²) in [5.41, 5.74) is 0. The maximum atomic E-state index is 8.49. The number of hydrogen-bond donors (Lipinski definition) is 1. The van der Waals surface area contributed by atoms with Gasteiger partial charge in [-0.1, -0.05) is 0 Å². The van der Waals surface area contributed by atoms with Crippen molar-refractivity contribution in [3.05, 3.63) is 33.2 Å². The van der Waals surface area contributed by atoms with E-state index in [4.69, 9.17) is 37.3 Å². The Hall–Kier alpha value is 0.0234. The van der Waals surface area contributed by atoms with E-state index in [2.05, 4.69) is 35.8 Å². The van der Waals surface area contributed by atoms with Gasteiger partial charge in [0.05, 0.1) is 13.1 Å². The minimum Gasteiger partial charge on any atom is -0.314 e. The monoisotopic (exact) mass is 585 g/mol. The Bertz CT molecular complexity index is 624. The van der Waals surface area contributed by atoms with Crippen molar-refractivity contribution in [3.63, 3.8) is 0 Å². The van der Waals surface area contributed by atoms with Gasteiger partial charge in [-0.05, 0) is 0 Å². The molecule has 1 saturated heterocycles. The average Bonchev–Trinajstić information content (AvgIpc) is 3.29. The van der Waals surface area contributed by atoms with Gasteiger partial charge in [0, 0.05) is 62.4 Å². The summed E-state index contributed by atoms with van der Waals surface area (Å²) in [5.74, 6) is 0. The van der Waals surface area contributed by atoms with Gasteiger partial charge in [-0.15, -0.1) is 43.2 Å². The average molecular weight is 588 g/mol. The molecule has 2 aromatic heterocycles. The Morgan fingerprint density at radius 3 is 1.34 bits per heavy atom. The molecule has 0 aliphatic carbocycles. The molecule has 1 N–H and O–H groups in total. The normalized spacial score (nSPS) is 16.2. The standard InChI is InChI=1S/C14H21N5S2.2ClHO4.Zn/c1-5-18(11-13-16-3-9-20-13)7-8-19(6-2-15-1)12-14-17-4-10-21-14;2*2-1(3,4)5;/h3-4,9-10,15H,1-2,5-8,11-12H2;2*(H,2,3,4,5);/q;;;+2/p-2. The van der Waals surface area contributed by atoms with Crippen LogP contribution in [0.5, 0.6) is 0 Å². The predicted molar refractivity (Wildman–Crippen MR) is 87.7 cm³/mol. The molecular weight excluding hydrogens is 567 g/mol. The van der Waals surface area contributed by atoms with Gasteiger partial charge in [0.1, 0.15) is 10.0 Å². The first-order valence-electron chi connectivity index (χ1n) is 8.56. The molecule has 18 heteroatoms. The second-order valence-corrected chi connectivity index (χ2v) is 9.38. The molecule has 1 aliphatic rings. The van der Waals surface area contributed by atoms with Gasteiger partial charge in [0.25, 0.3) is 0 Å². The molecule has 0 spiro atoms. The van der Waals surface area contributed by atoms with E-state index in [-0.39, 0.29) is 19.5 Å². The number of nitrogens with zero attached hydrogens (tertiary/aromatic N) is 4. The van der Waals surface area contributed by atoms with Crippen molar-refractivity contribution in [2.45, 2.75) is 13.1 Å². The number of rotatable bonds is 4. The molecule has 178 valence electrons. The third kappa shape index (κ3) is 20.6. The molecule has 0 unspecified atom stereocenters. The quantitative estimate of drug-likeness (QED) is 0.328. The van der Waals surface area contributed by atoms with Gasteiger partial charge in [0.2, 0.25) is 0 Å². The van der Waals surface area contributed by atoms with E-state index in [9.17, 15) is 0 Å². The fourth-order valence-corrected chi connectivity index (χ4v) is 3.78.